The first-order valence-electron chi connectivity index (χ1n) is 6.31. The molecule has 0 saturated carbocycles. The molecule has 1 saturated heterocycles. The van der Waals surface area contributed by atoms with Gasteiger partial charge in [-0.25, -0.2) is 0 Å². The highest BCUT2D eigenvalue weighted by atomic mass is 16.4. The van der Waals surface area contributed by atoms with Crippen molar-refractivity contribution in [3.05, 3.63) is 35.9 Å². The van der Waals surface area contributed by atoms with Crippen LogP contribution in [-0.2, 0) is 4.79 Å². The number of hydrogen-bond donors (Lipinski definition) is 1. The van der Waals surface area contributed by atoms with Crippen molar-refractivity contribution >= 4 is 5.97 Å². The number of aliphatic carboxylic acids is 1. The lowest BCUT2D eigenvalue weighted by Crippen LogP contribution is -2.53. The molecule has 2 atom stereocenters. The van der Waals surface area contributed by atoms with Gasteiger partial charge in [0, 0.05) is 25.7 Å². The van der Waals surface area contributed by atoms with Crippen LogP contribution in [0.5, 0.6) is 0 Å². The number of nitrogens with zero attached hydrogens (tertiary/aromatic N) is 2. The van der Waals surface area contributed by atoms with E-state index < -0.39 is 12.0 Å². The molecule has 1 aliphatic heterocycles. The van der Waals surface area contributed by atoms with Crippen LogP contribution in [0.4, 0.5) is 0 Å². The highest BCUT2D eigenvalue weighted by molar-refractivity contribution is 5.75. The Hall–Kier alpha value is -1.39. The molecule has 0 bridgehead atoms. The zero-order chi connectivity index (χ0) is 13.1. The Morgan fingerprint density at radius 1 is 1.33 bits per heavy atom. The van der Waals surface area contributed by atoms with Gasteiger partial charge in [0.2, 0.25) is 0 Å². The third kappa shape index (κ3) is 2.71. The number of benzene rings is 1. The average Bonchev–Trinajstić information content (AvgIpc) is 2.33. The van der Waals surface area contributed by atoms with Crippen molar-refractivity contribution in [2.45, 2.75) is 19.0 Å². The smallest absolute Gasteiger partial charge is 0.325 e. The molecular weight excluding hydrogens is 228 g/mol. The molecule has 0 aliphatic carbocycles. The standard InChI is InChI=1S/C14H20N2O2/c1-11-10-15(2)8-9-16(11)13(14(17)18)12-6-4-3-5-7-12/h3-7,11,13H,8-10H2,1-2H3,(H,17,18). The predicted octanol–water partition coefficient (Wildman–Crippen LogP) is 1.45. The molecule has 1 N–H and O–H groups in total. The van der Waals surface area contributed by atoms with Gasteiger partial charge in [-0.3, -0.25) is 9.69 Å². The summed E-state index contributed by atoms with van der Waals surface area (Å²) in [5.74, 6) is -0.766. The first kappa shape index (κ1) is 13.1. The molecule has 2 unspecified atom stereocenters. The van der Waals surface area contributed by atoms with E-state index in [9.17, 15) is 9.90 Å². The van der Waals surface area contributed by atoms with Crippen LogP contribution in [0.25, 0.3) is 0 Å². The molecule has 98 valence electrons. The van der Waals surface area contributed by atoms with Crippen LogP contribution >= 0.6 is 0 Å². The Morgan fingerprint density at radius 2 is 2.00 bits per heavy atom. The lowest BCUT2D eigenvalue weighted by Gasteiger charge is -2.41. The topological polar surface area (TPSA) is 43.8 Å². The highest BCUT2D eigenvalue weighted by Gasteiger charge is 2.33. The van der Waals surface area contributed by atoms with Crippen molar-refractivity contribution < 1.29 is 9.90 Å². The minimum absolute atomic E-state index is 0.255. The zero-order valence-corrected chi connectivity index (χ0v) is 10.9. The lowest BCUT2D eigenvalue weighted by molar-refractivity contribution is -0.145. The van der Waals surface area contributed by atoms with E-state index in [-0.39, 0.29) is 6.04 Å². The molecule has 1 fully saturated rings. The first-order valence-corrected chi connectivity index (χ1v) is 6.31. The van der Waals surface area contributed by atoms with Gasteiger partial charge in [0.15, 0.2) is 0 Å². The van der Waals surface area contributed by atoms with Crippen LogP contribution in [-0.4, -0.2) is 53.6 Å². The monoisotopic (exact) mass is 248 g/mol. The minimum Gasteiger partial charge on any atom is -0.480 e. The quantitative estimate of drug-likeness (QED) is 0.879. The predicted molar refractivity (Wildman–Crippen MR) is 70.5 cm³/mol. The van der Waals surface area contributed by atoms with Crippen LogP contribution in [0, 0.1) is 0 Å². The summed E-state index contributed by atoms with van der Waals surface area (Å²) in [5, 5.41) is 9.51. The van der Waals surface area contributed by atoms with Gasteiger partial charge in [0.25, 0.3) is 0 Å². The Balaban J connectivity index is 2.23. The van der Waals surface area contributed by atoms with Crippen LogP contribution < -0.4 is 0 Å². The Labute approximate surface area is 108 Å². The van der Waals surface area contributed by atoms with E-state index >= 15 is 0 Å². The molecule has 0 aromatic heterocycles. The van der Waals surface area contributed by atoms with E-state index in [1.54, 1.807) is 0 Å². The van der Waals surface area contributed by atoms with Crippen molar-refractivity contribution in [1.82, 2.24) is 9.80 Å². The molecule has 4 heteroatoms. The fourth-order valence-corrected chi connectivity index (χ4v) is 2.65. The summed E-state index contributed by atoms with van der Waals surface area (Å²) >= 11 is 0. The molecule has 1 aromatic carbocycles. The van der Waals surface area contributed by atoms with E-state index in [2.05, 4.69) is 23.8 Å². The van der Waals surface area contributed by atoms with Gasteiger partial charge in [-0.05, 0) is 19.5 Å². The normalized spacial score (nSPS) is 23.8. The Kier molecular flexibility index (Phi) is 3.99. The van der Waals surface area contributed by atoms with Crippen molar-refractivity contribution in [2.75, 3.05) is 26.7 Å². The number of likely N-dealkylation sites (N-methyl/N-ethyl adjacent to an activating group) is 1. The maximum absolute atomic E-state index is 11.6. The summed E-state index contributed by atoms with van der Waals surface area (Å²) in [6, 6.07) is 9.21. The second kappa shape index (κ2) is 5.50. The second-order valence-electron chi connectivity index (χ2n) is 5.00. The SMILES string of the molecule is CC1CN(C)CCN1C(C(=O)O)c1ccccc1. The molecule has 18 heavy (non-hydrogen) atoms. The lowest BCUT2D eigenvalue weighted by atomic mass is 10.0. The molecular formula is C14H20N2O2. The number of rotatable bonds is 3. The third-order valence-corrected chi connectivity index (χ3v) is 3.56. The van der Waals surface area contributed by atoms with Gasteiger partial charge >= 0.3 is 5.97 Å². The summed E-state index contributed by atoms with van der Waals surface area (Å²) in [7, 11) is 2.08. The molecule has 1 aliphatic rings. The van der Waals surface area contributed by atoms with E-state index in [0.717, 1.165) is 25.2 Å². The maximum atomic E-state index is 11.6. The van der Waals surface area contributed by atoms with Gasteiger partial charge in [0.05, 0.1) is 0 Å². The maximum Gasteiger partial charge on any atom is 0.325 e. The van der Waals surface area contributed by atoms with E-state index in [4.69, 9.17) is 0 Å². The average molecular weight is 248 g/mol. The number of piperazine rings is 1. The number of carbonyl (C=O) groups is 1. The highest BCUT2D eigenvalue weighted by Crippen LogP contribution is 2.25. The number of carboxylic acid groups (broad SMARTS) is 1. The van der Waals surface area contributed by atoms with Gasteiger partial charge < -0.3 is 10.0 Å². The van der Waals surface area contributed by atoms with E-state index in [1.165, 1.54) is 0 Å². The van der Waals surface area contributed by atoms with E-state index in [0.29, 0.717) is 0 Å². The molecule has 0 radical (unpaired) electrons. The van der Waals surface area contributed by atoms with Gasteiger partial charge in [0.1, 0.15) is 6.04 Å². The van der Waals surface area contributed by atoms with Gasteiger partial charge in [-0.2, -0.15) is 0 Å². The summed E-state index contributed by atoms with van der Waals surface area (Å²) in [5.41, 5.74) is 0.862. The van der Waals surface area contributed by atoms with Crippen LogP contribution in [0.3, 0.4) is 0 Å². The van der Waals surface area contributed by atoms with E-state index in [1.807, 2.05) is 30.3 Å². The van der Waals surface area contributed by atoms with Crippen molar-refractivity contribution in [3.8, 4) is 0 Å². The molecule has 2 rings (SSSR count). The first-order chi connectivity index (χ1) is 8.59. The third-order valence-electron chi connectivity index (χ3n) is 3.56. The molecule has 0 amide bonds. The molecule has 1 aromatic rings. The van der Waals surface area contributed by atoms with Crippen LogP contribution in [0.1, 0.15) is 18.5 Å². The molecule has 0 spiro atoms. The summed E-state index contributed by atoms with van der Waals surface area (Å²) in [6.45, 7) is 4.72. The Morgan fingerprint density at radius 3 is 2.56 bits per heavy atom. The fraction of sp³-hybridized carbons (Fsp3) is 0.500. The van der Waals surface area contributed by atoms with Gasteiger partial charge in [-0.1, -0.05) is 30.3 Å². The largest absolute Gasteiger partial charge is 0.480 e. The molecule has 1 heterocycles. The zero-order valence-electron chi connectivity index (χ0n) is 10.9. The second-order valence-corrected chi connectivity index (χ2v) is 5.00. The minimum atomic E-state index is -0.766. The van der Waals surface area contributed by atoms with Crippen LogP contribution in [0.15, 0.2) is 30.3 Å². The fourth-order valence-electron chi connectivity index (χ4n) is 2.65. The summed E-state index contributed by atoms with van der Waals surface area (Å²) in [4.78, 5) is 15.9. The molecule has 4 nitrogen and oxygen atoms in total. The van der Waals surface area contributed by atoms with Gasteiger partial charge in [-0.15, -0.1) is 0 Å². The summed E-state index contributed by atoms with van der Waals surface area (Å²) in [6.07, 6.45) is 0. The van der Waals surface area contributed by atoms with Crippen LogP contribution in [0.2, 0.25) is 0 Å². The van der Waals surface area contributed by atoms with Crippen molar-refractivity contribution in [2.24, 2.45) is 0 Å². The van der Waals surface area contributed by atoms with Crippen molar-refractivity contribution in [3.63, 3.8) is 0 Å². The van der Waals surface area contributed by atoms with Crippen molar-refractivity contribution in [1.29, 1.82) is 0 Å². The number of hydrogen-bond acceptors (Lipinski definition) is 3. The number of carboxylic acids is 1. The Bertz CT molecular complexity index is 408. The summed E-state index contributed by atoms with van der Waals surface area (Å²) < 4.78 is 0.